The monoisotopic (exact) mass is 513 g/mol. The molecule has 1 spiro atoms. The largest absolute Gasteiger partial charge is 0.507 e. The van der Waals surface area contributed by atoms with Gasteiger partial charge in [-0.15, -0.1) is 10.2 Å². The maximum atomic E-state index is 12.3. The lowest BCUT2D eigenvalue weighted by molar-refractivity contribution is -0.144. The minimum atomic E-state index is -0.457. The molecule has 2 aromatic carbocycles. The predicted molar refractivity (Wildman–Crippen MR) is 144 cm³/mol. The Morgan fingerprint density at radius 2 is 1.79 bits per heavy atom. The molecule has 2 aromatic heterocycles. The van der Waals surface area contributed by atoms with Crippen molar-refractivity contribution in [3.63, 3.8) is 0 Å². The summed E-state index contributed by atoms with van der Waals surface area (Å²) in [5.41, 5.74) is 4.41. The number of aromatic hydroxyl groups is 1. The van der Waals surface area contributed by atoms with E-state index in [1.165, 1.54) is 7.11 Å². The second-order valence-corrected chi connectivity index (χ2v) is 10.9. The number of ether oxygens (including phenoxy) is 1. The van der Waals surface area contributed by atoms with E-state index in [0.29, 0.717) is 17.0 Å². The van der Waals surface area contributed by atoms with Crippen LogP contribution in [0.5, 0.6) is 5.75 Å². The highest BCUT2D eigenvalue weighted by atomic mass is 16.5. The summed E-state index contributed by atoms with van der Waals surface area (Å²) in [7, 11) is 1.40. The number of esters is 1. The Hall–Kier alpha value is -4.14. The van der Waals surface area contributed by atoms with Crippen molar-refractivity contribution in [2.75, 3.05) is 43.1 Å². The number of benzene rings is 2. The van der Waals surface area contributed by atoms with Gasteiger partial charge < -0.3 is 24.2 Å². The molecule has 0 bridgehead atoms. The van der Waals surface area contributed by atoms with Crippen LogP contribution in [0.4, 0.5) is 11.5 Å². The number of nitrogens with zero attached hydrogens (tertiary/aromatic N) is 5. The van der Waals surface area contributed by atoms with Gasteiger partial charge in [-0.2, -0.15) is 0 Å². The Balaban J connectivity index is 1.12. The molecule has 2 saturated heterocycles. The van der Waals surface area contributed by atoms with Crippen molar-refractivity contribution >= 4 is 28.4 Å². The first-order valence-electron chi connectivity index (χ1n) is 12.9. The number of hydrogen-bond acceptors (Lipinski definition) is 9. The van der Waals surface area contributed by atoms with Crippen LogP contribution in [-0.4, -0.2) is 59.7 Å². The van der Waals surface area contributed by atoms with Crippen molar-refractivity contribution in [3.05, 3.63) is 59.9 Å². The number of fused-ring (bicyclic) bond motifs is 1. The van der Waals surface area contributed by atoms with E-state index in [9.17, 15) is 9.90 Å². The molecule has 38 heavy (non-hydrogen) atoms. The average molecular weight is 514 g/mol. The SMILES string of the molecule is COC(=O)C(c1onc(N2CC3(CN(c4ccc5cc(-c6ccccc6O)nnc5c4)C3)C2)c1C)C(C)C. The molecule has 4 aromatic rings. The van der Waals surface area contributed by atoms with Crippen LogP contribution in [0.25, 0.3) is 22.2 Å². The van der Waals surface area contributed by atoms with Crippen LogP contribution in [0.2, 0.25) is 0 Å². The third kappa shape index (κ3) is 3.93. The molecule has 0 radical (unpaired) electrons. The number of rotatable bonds is 6. The Morgan fingerprint density at radius 3 is 2.50 bits per heavy atom. The predicted octanol–water partition coefficient (Wildman–Crippen LogP) is 4.54. The van der Waals surface area contributed by atoms with Gasteiger partial charge in [-0.25, -0.2) is 0 Å². The van der Waals surface area contributed by atoms with E-state index in [4.69, 9.17) is 9.26 Å². The molecule has 196 valence electrons. The number of hydrogen-bond donors (Lipinski definition) is 1. The summed E-state index contributed by atoms with van der Waals surface area (Å²) in [6.45, 7) is 9.65. The molecule has 0 amide bonds. The van der Waals surface area contributed by atoms with Crippen LogP contribution >= 0.6 is 0 Å². The quantitative estimate of drug-likeness (QED) is 0.372. The minimum absolute atomic E-state index is 0.0496. The number of carbonyl (C=O) groups is 1. The van der Waals surface area contributed by atoms with E-state index < -0.39 is 5.92 Å². The maximum Gasteiger partial charge on any atom is 0.316 e. The summed E-state index contributed by atoms with van der Waals surface area (Å²) < 4.78 is 10.7. The van der Waals surface area contributed by atoms with Gasteiger partial charge in [0.1, 0.15) is 11.7 Å². The number of methoxy groups -OCH3 is 1. The zero-order valence-electron chi connectivity index (χ0n) is 22.0. The lowest BCUT2D eigenvalue weighted by atomic mass is 9.72. The Kier molecular flexibility index (Phi) is 5.74. The van der Waals surface area contributed by atoms with Gasteiger partial charge in [0, 0.05) is 53.8 Å². The van der Waals surface area contributed by atoms with E-state index in [-0.39, 0.29) is 23.1 Å². The molecule has 6 rings (SSSR count). The highest BCUT2D eigenvalue weighted by Gasteiger charge is 2.53. The Labute approximate surface area is 221 Å². The fourth-order valence-electron chi connectivity index (χ4n) is 5.84. The van der Waals surface area contributed by atoms with E-state index >= 15 is 0 Å². The smallest absolute Gasteiger partial charge is 0.316 e. The van der Waals surface area contributed by atoms with Crippen molar-refractivity contribution in [3.8, 4) is 17.0 Å². The molecule has 0 saturated carbocycles. The zero-order chi connectivity index (χ0) is 26.6. The molecule has 4 heterocycles. The van der Waals surface area contributed by atoms with Gasteiger partial charge in [0.25, 0.3) is 0 Å². The molecule has 0 aliphatic carbocycles. The van der Waals surface area contributed by atoms with E-state index in [2.05, 4.69) is 43.4 Å². The average Bonchev–Trinajstić information content (AvgIpc) is 3.22. The molecule has 1 unspecified atom stereocenters. The zero-order valence-corrected chi connectivity index (χ0v) is 22.0. The summed E-state index contributed by atoms with van der Waals surface area (Å²) in [5.74, 6) is 0.906. The summed E-state index contributed by atoms with van der Waals surface area (Å²) in [4.78, 5) is 16.9. The molecular formula is C29H31N5O4. The summed E-state index contributed by atoms with van der Waals surface area (Å²) >= 11 is 0. The van der Waals surface area contributed by atoms with Crippen molar-refractivity contribution in [1.82, 2.24) is 15.4 Å². The van der Waals surface area contributed by atoms with Crippen LogP contribution in [0, 0.1) is 18.3 Å². The van der Waals surface area contributed by atoms with Gasteiger partial charge >= 0.3 is 5.97 Å². The van der Waals surface area contributed by atoms with Crippen LogP contribution in [-0.2, 0) is 9.53 Å². The normalized spacial score (nSPS) is 17.0. The summed E-state index contributed by atoms with van der Waals surface area (Å²) in [6.07, 6.45) is 0. The molecule has 9 heteroatoms. The molecule has 9 nitrogen and oxygen atoms in total. The lowest BCUT2D eigenvalue weighted by Gasteiger charge is -2.61. The summed E-state index contributed by atoms with van der Waals surface area (Å²) in [6, 6.07) is 15.4. The fourth-order valence-corrected chi connectivity index (χ4v) is 5.84. The molecule has 1 N–H and O–H groups in total. The fraction of sp³-hybridized carbons (Fsp3) is 0.379. The molecule has 2 fully saturated rings. The van der Waals surface area contributed by atoms with Crippen LogP contribution in [0.1, 0.15) is 31.1 Å². The maximum absolute atomic E-state index is 12.3. The highest BCUT2D eigenvalue weighted by molar-refractivity contribution is 5.86. The van der Waals surface area contributed by atoms with Gasteiger partial charge in [0.2, 0.25) is 0 Å². The highest BCUT2D eigenvalue weighted by Crippen LogP contribution is 2.45. The molecule has 1 atom stereocenters. The van der Waals surface area contributed by atoms with E-state index in [1.807, 2.05) is 39.0 Å². The molecule has 2 aliphatic rings. The van der Waals surface area contributed by atoms with Gasteiger partial charge in [0.05, 0.1) is 18.3 Å². The Bertz CT molecular complexity index is 1520. The second-order valence-electron chi connectivity index (χ2n) is 10.9. The molecular weight excluding hydrogens is 482 g/mol. The number of phenolic OH excluding ortho intramolecular Hbond substituents is 1. The van der Waals surface area contributed by atoms with Gasteiger partial charge in [-0.3, -0.25) is 4.79 Å². The third-order valence-corrected chi connectivity index (χ3v) is 7.86. The van der Waals surface area contributed by atoms with Crippen molar-refractivity contribution in [2.45, 2.75) is 26.7 Å². The van der Waals surface area contributed by atoms with Crippen LogP contribution in [0.3, 0.4) is 0 Å². The third-order valence-electron chi connectivity index (χ3n) is 7.86. The number of carbonyl (C=O) groups excluding carboxylic acids is 1. The summed E-state index contributed by atoms with van der Waals surface area (Å²) in [5, 5.41) is 24.2. The topological polar surface area (TPSA) is 105 Å². The number of para-hydroxylation sites is 1. The number of aromatic nitrogens is 3. The minimum Gasteiger partial charge on any atom is -0.507 e. The first-order chi connectivity index (χ1) is 18.3. The van der Waals surface area contributed by atoms with Gasteiger partial charge in [-0.1, -0.05) is 37.2 Å². The van der Waals surface area contributed by atoms with Crippen LogP contribution < -0.4 is 9.80 Å². The van der Waals surface area contributed by atoms with Gasteiger partial charge in [0.15, 0.2) is 11.6 Å². The van der Waals surface area contributed by atoms with Crippen molar-refractivity contribution in [1.29, 1.82) is 0 Å². The number of phenols is 1. The van der Waals surface area contributed by atoms with E-state index in [0.717, 1.165) is 54.2 Å². The van der Waals surface area contributed by atoms with Crippen molar-refractivity contribution in [2.24, 2.45) is 11.3 Å². The molecule has 2 aliphatic heterocycles. The number of anilines is 2. The van der Waals surface area contributed by atoms with Gasteiger partial charge in [-0.05, 0) is 43.2 Å². The van der Waals surface area contributed by atoms with Crippen molar-refractivity contribution < 1.29 is 19.2 Å². The van der Waals surface area contributed by atoms with E-state index in [1.54, 1.807) is 12.1 Å². The Morgan fingerprint density at radius 1 is 1.05 bits per heavy atom. The standard InChI is InChI=1S/C29H31N5O4/c1-17(2)25(28(36)37-4)26-18(3)27(32-38-26)34-15-29(16-34)13-33(14-29)20-10-9-19-11-23(31-30-22(19)12-20)21-7-5-6-8-24(21)35/h5-12,17,25,35H,13-16H2,1-4H3. The first-order valence-corrected chi connectivity index (χ1v) is 12.9. The lowest BCUT2D eigenvalue weighted by Crippen LogP contribution is -2.72. The van der Waals surface area contributed by atoms with Crippen LogP contribution in [0.15, 0.2) is 53.1 Å². The first kappa shape index (κ1) is 24.2. The second kappa shape index (κ2) is 9.01.